The second-order valence-corrected chi connectivity index (χ2v) is 4.92. The summed E-state index contributed by atoms with van der Waals surface area (Å²) in [5, 5.41) is 19.6. The van der Waals surface area contributed by atoms with Crippen molar-refractivity contribution in [2.24, 2.45) is 13.0 Å². The van der Waals surface area contributed by atoms with E-state index < -0.39 is 23.3 Å². The minimum absolute atomic E-state index is 0.124. The maximum Gasteiger partial charge on any atom is 0.323 e. The number of nitro groups is 1. The van der Waals surface area contributed by atoms with E-state index in [4.69, 9.17) is 5.11 Å². The monoisotopic (exact) mass is 281 g/mol. The highest BCUT2D eigenvalue weighted by Gasteiger charge is 2.31. The van der Waals surface area contributed by atoms with Crippen LogP contribution in [0.5, 0.6) is 0 Å². The molecule has 0 aliphatic heterocycles. The summed E-state index contributed by atoms with van der Waals surface area (Å²) in [4.78, 5) is 34.6. The minimum Gasteiger partial charge on any atom is -0.480 e. The van der Waals surface area contributed by atoms with Crippen molar-refractivity contribution in [3.63, 3.8) is 0 Å². The summed E-state index contributed by atoms with van der Waals surface area (Å²) in [5.74, 6) is -1.44. The summed E-state index contributed by atoms with van der Waals surface area (Å²) < 4.78 is 1.17. The normalized spacial score (nSPS) is 14.1. The maximum atomic E-state index is 12.3. The molecule has 1 N–H and O–H groups in total. The number of carboxylic acids is 1. The fourth-order valence-corrected chi connectivity index (χ4v) is 2.06. The lowest BCUT2D eigenvalue weighted by Crippen LogP contribution is -2.38. The SMILES string of the molecule is Cn1c(C(=O)N(CC(=O)O)CC2CC2)ccc1[N+](=O)[O-]. The van der Waals surface area contributed by atoms with Gasteiger partial charge in [-0.1, -0.05) is 0 Å². The van der Waals surface area contributed by atoms with E-state index in [-0.39, 0.29) is 11.5 Å². The molecule has 1 amide bonds. The molecule has 108 valence electrons. The fourth-order valence-electron chi connectivity index (χ4n) is 2.06. The van der Waals surface area contributed by atoms with Crippen LogP contribution >= 0.6 is 0 Å². The van der Waals surface area contributed by atoms with Crippen molar-refractivity contribution >= 4 is 17.7 Å². The standard InChI is InChI=1S/C12H15N3O5/c1-13-9(4-5-10(13)15(19)20)12(18)14(7-11(16)17)6-8-2-3-8/h4-5,8H,2-3,6-7H2,1H3,(H,16,17). The Morgan fingerprint density at radius 1 is 1.50 bits per heavy atom. The second kappa shape index (κ2) is 5.32. The van der Waals surface area contributed by atoms with Crippen molar-refractivity contribution in [3.8, 4) is 0 Å². The summed E-state index contributed by atoms with van der Waals surface area (Å²) in [6.07, 6.45) is 1.97. The number of rotatable bonds is 6. The van der Waals surface area contributed by atoms with E-state index in [1.165, 1.54) is 28.6 Å². The number of amides is 1. The number of hydrogen-bond acceptors (Lipinski definition) is 4. The van der Waals surface area contributed by atoms with E-state index in [1.807, 2.05) is 0 Å². The molecule has 2 rings (SSSR count). The average molecular weight is 281 g/mol. The van der Waals surface area contributed by atoms with Gasteiger partial charge in [-0.05, 0) is 29.7 Å². The molecular formula is C12H15N3O5. The molecule has 1 aliphatic carbocycles. The van der Waals surface area contributed by atoms with Crippen LogP contribution in [0, 0.1) is 16.0 Å². The molecule has 0 radical (unpaired) electrons. The zero-order valence-corrected chi connectivity index (χ0v) is 11.0. The van der Waals surface area contributed by atoms with Gasteiger partial charge in [0.25, 0.3) is 5.91 Å². The molecule has 1 fully saturated rings. The second-order valence-electron chi connectivity index (χ2n) is 4.92. The van der Waals surface area contributed by atoms with Crippen LogP contribution in [0.2, 0.25) is 0 Å². The smallest absolute Gasteiger partial charge is 0.323 e. The largest absolute Gasteiger partial charge is 0.480 e. The molecule has 8 heteroatoms. The number of hydrogen-bond donors (Lipinski definition) is 1. The molecule has 8 nitrogen and oxygen atoms in total. The molecule has 1 aliphatic rings. The first-order valence-corrected chi connectivity index (χ1v) is 6.21. The van der Waals surface area contributed by atoms with E-state index >= 15 is 0 Å². The van der Waals surface area contributed by atoms with E-state index in [0.717, 1.165) is 12.8 Å². The van der Waals surface area contributed by atoms with Gasteiger partial charge in [0.15, 0.2) is 5.69 Å². The Morgan fingerprint density at radius 3 is 2.60 bits per heavy atom. The zero-order chi connectivity index (χ0) is 14.9. The molecule has 1 aromatic heterocycles. The summed E-state index contributed by atoms with van der Waals surface area (Å²) in [6, 6.07) is 2.59. The Labute approximate surface area is 114 Å². The summed E-state index contributed by atoms with van der Waals surface area (Å²) in [5.41, 5.74) is 0.124. The lowest BCUT2D eigenvalue weighted by Gasteiger charge is -2.19. The molecule has 0 spiro atoms. The third kappa shape index (κ3) is 2.95. The predicted octanol–water partition coefficient (Wildman–Crippen LogP) is 0.870. The molecule has 20 heavy (non-hydrogen) atoms. The van der Waals surface area contributed by atoms with Crippen LogP contribution in [-0.2, 0) is 11.8 Å². The van der Waals surface area contributed by atoms with Crippen LogP contribution in [0.15, 0.2) is 12.1 Å². The Balaban J connectivity index is 2.21. The van der Waals surface area contributed by atoms with Crippen molar-refractivity contribution < 1.29 is 19.6 Å². The van der Waals surface area contributed by atoms with Gasteiger partial charge in [0.1, 0.15) is 6.54 Å². The van der Waals surface area contributed by atoms with Crippen molar-refractivity contribution in [2.45, 2.75) is 12.8 Å². The first kappa shape index (κ1) is 14.0. The number of aromatic nitrogens is 1. The first-order valence-electron chi connectivity index (χ1n) is 6.21. The number of carbonyl (C=O) groups excluding carboxylic acids is 1. The lowest BCUT2D eigenvalue weighted by molar-refractivity contribution is -0.391. The number of nitrogens with zero attached hydrogens (tertiary/aromatic N) is 3. The highest BCUT2D eigenvalue weighted by Crippen LogP contribution is 2.30. The molecular weight excluding hydrogens is 266 g/mol. The fraction of sp³-hybridized carbons (Fsp3) is 0.500. The highest BCUT2D eigenvalue weighted by atomic mass is 16.6. The topological polar surface area (TPSA) is 106 Å². The Bertz CT molecular complexity index is 561. The van der Waals surface area contributed by atoms with E-state index in [2.05, 4.69) is 0 Å². The quantitative estimate of drug-likeness (QED) is 0.615. The van der Waals surface area contributed by atoms with Crippen LogP contribution in [0.3, 0.4) is 0 Å². The molecule has 1 saturated carbocycles. The highest BCUT2D eigenvalue weighted by molar-refractivity contribution is 5.95. The van der Waals surface area contributed by atoms with Gasteiger partial charge in [0.05, 0.1) is 7.05 Å². The van der Waals surface area contributed by atoms with Gasteiger partial charge in [0.2, 0.25) is 0 Å². The van der Waals surface area contributed by atoms with Crippen LogP contribution in [0.1, 0.15) is 23.3 Å². The number of carbonyl (C=O) groups is 2. The van der Waals surface area contributed by atoms with E-state index in [9.17, 15) is 19.7 Å². The molecule has 1 heterocycles. The Morgan fingerprint density at radius 2 is 2.15 bits per heavy atom. The molecule has 0 atom stereocenters. The van der Waals surface area contributed by atoms with Gasteiger partial charge in [-0.15, -0.1) is 0 Å². The van der Waals surface area contributed by atoms with Crippen LogP contribution in [-0.4, -0.2) is 44.5 Å². The van der Waals surface area contributed by atoms with Crippen LogP contribution in [0.25, 0.3) is 0 Å². The summed E-state index contributed by atoms with van der Waals surface area (Å²) in [6.45, 7) is -0.0155. The summed E-state index contributed by atoms with van der Waals surface area (Å²) in [7, 11) is 1.42. The van der Waals surface area contributed by atoms with Gasteiger partial charge < -0.3 is 20.1 Å². The molecule has 0 aromatic carbocycles. The van der Waals surface area contributed by atoms with Crippen molar-refractivity contribution in [2.75, 3.05) is 13.1 Å². The van der Waals surface area contributed by atoms with Crippen LogP contribution < -0.4 is 0 Å². The molecule has 0 bridgehead atoms. The van der Waals surface area contributed by atoms with Crippen molar-refractivity contribution in [1.29, 1.82) is 0 Å². The third-order valence-corrected chi connectivity index (χ3v) is 3.29. The van der Waals surface area contributed by atoms with Gasteiger partial charge in [-0.3, -0.25) is 9.59 Å². The Hall–Kier alpha value is -2.38. The molecule has 0 unspecified atom stereocenters. The lowest BCUT2D eigenvalue weighted by atomic mass is 10.3. The van der Waals surface area contributed by atoms with Crippen molar-refractivity contribution in [3.05, 3.63) is 27.9 Å². The summed E-state index contributed by atoms with van der Waals surface area (Å²) >= 11 is 0. The molecule has 1 aromatic rings. The average Bonchev–Trinajstić information content (AvgIpc) is 3.07. The van der Waals surface area contributed by atoms with Crippen LogP contribution in [0.4, 0.5) is 5.82 Å². The van der Waals surface area contributed by atoms with Gasteiger partial charge in [-0.2, -0.15) is 0 Å². The van der Waals surface area contributed by atoms with Gasteiger partial charge >= 0.3 is 11.8 Å². The van der Waals surface area contributed by atoms with Gasteiger partial charge in [-0.25, -0.2) is 4.57 Å². The molecule has 0 saturated heterocycles. The van der Waals surface area contributed by atoms with Gasteiger partial charge in [0, 0.05) is 12.6 Å². The predicted molar refractivity (Wildman–Crippen MR) is 68.3 cm³/mol. The van der Waals surface area contributed by atoms with E-state index in [1.54, 1.807) is 0 Å². The Kier molecular flexibility index (Phi) is 3.73. The zero-order valence-electron chi connectivity index (χ0n) is 11.0. The minimum atomic E-state index is -1.09. The first-order chi connectivity index (χ1) is 9.40. The number of carboxylic acid groups (broad SMARTS) is 1. The number of aliphatic carboxylic acids is 1. The van der Waals surface area contributed by atoms with Crippen molar-refractivity contribution in [1.82, 2.24) is 9.47 Å². The maximum absolute atomic E-state index is 12.3. The third-order valence-electron chi connectivity index (χ3n) is 3.29. The van der Waals surface area contributed by atoms with E-state index in [0.29, 0.717) is 12.5 Å².